The molecule has 2 aromatic heterocycles. The lowest BCUT2D eigenvalue weighted by atomic mass is 10.3. The summed E-state index contributed by atoms with van der Waals surface area (Å²) < 4.78 is 26.2. The molecule has 0 bridgehead atoms. The molecule has 0 radical (unpaired) electrons. The largest absolute Gasteiger partial charge is 0.261 e. The summed E-state index contributed by atoms with van der Waals surface area (Å²) in [5, 5.41) is 4.21. The fraction of sp³-hybridized carbons (Fsp3) is 0.312. The maximum Gasteiger partial charge on any atom is 0.244 e. The number of sulfonamides is 1. The number of hydrogen-bond donors (Lipinski definition) is 1. The van der Waals surface area contributed by atoms with E-state index in [-0.39, 0.29) is 4.90 Å². The Bertz CT molecular complexity index is 785. The van der Waals surface area contributed by atoms with Crippen molar-refractivity contribution in [2.24, 2.45) is 5.10 Å². The van der Waals surface area contributed by atoms with Gasteiger partial charge >= 0.3 is 0 Å². The molecular weight excluding hydrogens is 326 g/mol. The normalized spacial score (nSPS) is 12.4. The van der Waals surface area contributed by atoms with Crippen LogP contribution in [0.2, 0.25) is 0 Å². The lowest BCUT2D eigenvalue weighted by Gasteiger charge is -2.18. The van der Waals surface area contributed by atoms with E-state index >= 15 is 0 Å². The Kier molecular flexibility index (Phi) is 5.99. The lowest BCUT2D eigenvalue weighted by Crippen LogP contribution is -2.30. The molecule has 0 unspecified atom stereocenters. The van der Waals surface area contributed by atoms with Crippen LogP contribution in [0.3, 0.4) is 0 Å². The Labute approximate surface area is 142 Å². The van der Waals surface area contributed by atoms with Crippen molar-refractivity contribution < 1.29 is 8.42 Å². The van der Waals surface area contributed by atoms with Crippen LogP contribution in [0.5, 0.6) is 0 Å². The summed E-state index contributed by atoms with van der Waals surface area (Å²) in [4.78, 5) is 8.49. The predicted molar refractivity (Wildman–Crippen MR) is 94.4 cm³/mol. The summed E-state index contributed by atoms with van der Waals surface area (Å²) >= 11 is 0. The number of anilines is 1. The van der Waals surface area contributed by atoms with Crippen molar-refractivity contribution in [1.82, 2.24) is 14.3 Å². The smallest absolute Gasteiger partial charge is 0.244 e. The highest BCUT2D eigenvalue weighted by Crippen LogP contribution is 2.16. The molecule has 0 saturated heterocycles. The monoisotopic (exact) mass is 347 g/mol. The summed E-state index contributed by atoms with van der Waals surface area (Å²) in [6, 6.07) is 8.68. The first kappa shape index (κ1) is 18.0. The van der Waals surface area contributed by atoms with E-state index in [4.69, 9.17) is 0 Å². The molecule has 7 nitrogen and oxygen atoms in total. The van der Waals surface area contributed by atoms with Gasteiger partial charge in [0.05, 0.1) is 11.4 Å². The zero-order chi connectivity index (χ0) is 17.6. The number of nitrogens with one attached hydrogen (secondary N) is 1. The van der Waals surface area contributed by atoms with Crippen molar-refractivity contribution in [1.29, 1.82) is 0 Å². The molecule has 2 heterocycles. The molecule has 0 amide bonds. The van der Waals surface area contributed by atoms with Crippen LogP contribution in [0.1, 0.15) is 26.5 Å². The van der Waals surface area contributed by atoms with Crippen molar-refractivity contribution in [3.8, 4) is 0 Å². The van der Waals surface area contributed by atoms with Gasteiger partial charge in [0.2, 0.25) is 10.0 Å². The minimum atomic E-state index is -3.49. The Morgan fingerprint density at radius 1 is 1.17 bits per heavy atom. The third-order valence-corrected chi connectivity index (χ3v) is 5.49. The van der Waals surface area contributed by atoms with E-state index in [0.29, 0.717) is 24.6 Å². The highest BCUT2D eigenvalue weighted by atomic mass is 32.2. The van der Waals surface area contributed by atoms with Crippen molar-refractivity contribution in [2.75, 3.05) is 18.5 Å². The van der Waals surface area contributed by atoms with Gasteiger partial charge in [-0.1, -0.05) is 19.9 Å². The molecule has 0 aliphatic rings. The highest BCUT2D eigenvalue weighted by molar-refractivity contribution is 7.89. The highest BCUT2D eigenvalue weighted by Gasteiger charge is 2.21. The molecule has 0 saturated carbocycles. The fourth-order valence-electron chi connectivity index (χ4n) is 2.09. The standard InChI is InChI=1S/C16H21N5O2S/c1-4-21(5-2)24(22,23)14-9-10-16(18-12-14)20-19-13(3)15-8-6-7-11-17-15/h6-12H,4-5H2,1-3H3,(H,18,20)/b19-13-. The van der Waals surface area contributed by atoms with Gasteiger partial charge in [0, 0.05) is 25.5 Å². The number of hydrogen-bond acceptors (Lipinski definition) is 6. The minimum absolute atomic E-state index is 0.169. The van der Waals surface area contributed by atoms with Crippen LogP contribution in [0.25, 0.3) is 0 Å². The van der Waals surface area contributed by atoms with Gasteiger partial charge in [0.1, 0.15) is 10.7 Å². The SMILES string of the molecule is CCN(CC)S(=O)(=O)c1ccc(N/N=C(/C)c2ccccn2)nc1. The summed E-state index contributed by atoms with van der Waals surface area (Å²) in [5.74, 6) is 0.462. The molecule has 0 atom stereocenters. The van der Waals surface area contributed by atoms with Gasteiger partial charge in [0.15, 0.2) is 0 Å². The van der Waals surface area contributed by atoms with Crippen molar-refractivity contribution in [2.45, 2.75) is 25.7 Å². The Hall–Kier alpha value is -2.32. The lowest BCUT2D eigenvalue weighted by molar-refractivity contribution is 0.445. The Balaban J connectivity index is 2.13. The molecule has 0 spiro atoms. The van der Waals surface area contributed by atoms with Crippen LogP contribution in [0.15, 0.2) is 52.7 Å². The first-order valence-electron chi connectivity index (χ1n) is 7.67. The quantitative estimate of drug-likeness (QED) is 0.613. The number of hydrazone groups is 1. The molecule has 128 valence electrons. The van der Waals surface area contributed by atoms with Crippen LogP contribution in [0, 0.1) is 0 Å². The van der Waals surface area contributed by atoms with Crippen LogP contribution in [-0.4, -0.2) is 41.5 Å². The Morgan fingerprint density at radius 2 is 1.92 bits per heavy atom. The molecule has 8 heteroatoms. The van der Waals surface area contributed by atoms with E-state index in [9.17, 15) is 8.42 Å². The zero-order valence-electron chi connectivity index (χ0n) is 14.0. The van der Waals surface area contributed by atoms with Gasteiger partial charge < -0.3 is 0 Å². The second-order valence-corrected chi connectivity index (χ2v) is 6.93. The topological polar surface area (TPSA) is 87.5 Å². The van der Waals surface area contributed by atoms with Crippen LogP contribution >= 0.6 is 0 Å². The Morgan fingerprint density at radius 3 is 2.46 bits per heavy atom. The maximum atomic E-state index is 12.4. The molecule has 2 aromatic rings. The van der Waals surface area contributed by atoms with E-state index in [1.54, 1.807) is 26.1 Å². The maximum absolute atomic E-state index is 12.4. The molecular formula is C16H21N5O2S. The van der Waals surface area contributed by atoms with Gasteiger partial charge in [0.25, 0.3) is 0 Å². The second kappa shape index (κ2) is 7.98. The minimum Gasteiger partial charge on any atom is -0.261 e. The van der Waals surface area contributed by atoms with E-state index in [2.05, 4.69) is 20.5 Å². The van der Waals surface area contributed by atoms with Crippen LogP contribution in [-0.2, 0) is 10.0 Å². The molecule has 0 aliphatic carbocycles. The molecule has 1 N–H and O–H groups in total. The zero-order valence-corrected chi connectivity index (χ0v) is 14.8. The number of rotatable bonds is 7. The fourth-order valence-corrected chi connectivity index (χ4v) is 3.49. The van der Waals surface area contributed by atoms with Gasteiger partial charge in [-0.05, 0) is 31.2 Å². The molecule has 0 aliphatic heterocycles. The summed E-state index contributed by atoms with van der Waals surface area (Å²) in [6.07, 6.45) is 3.03. The number of nitrogens with zero attached hydrogens (tertiary/aromatic N) is 4. The number of pyridine rings is 2. The van der Waals surface area contributed by atoms with Crippen molar-refractivity contribution in [3.63, 3.8) is 0 Å². The van der Waals surface area contributed by atoms with Gasteiger partial charge in [-0.25, -0.2) is 13.4 Å². The third-order valence-electron chi connectivity index (χ3n) is 3.45. The number of aromatic nitrogens is 2. The van der Waals surface area contributed by atoms with E-state index in [1.165, 1.54) is 16.6 Å². The van der Waals surface area contributed by atoms with Crippen molar-refractivity contribution >= 4 is 21.6 Å². The summed E-state index contributed by atoms with van der Waals surface area (Å²) in [7, 11) is -3.49. The van der Waals surface area contributed by atoms with Gasteiger partial charge in [-0.3, -0.25) is 10.4 Å². The molecule has 2 rings (SSSR count). The molecule has 0 fully saturated rings. The first-order valence-corrected chi connectivity index (χ1v) is 9.11. The van der Waals surface area contributed by atoms with Gasteiger partial charge in [-0.2, -0.15) is 9.41 Å². The average molecular weight is 347 g/mol. The van der Waals surface area contributed by atoms with E-state index in [0.717, 1.165) is 5.69 Å². The van der Waals surface area contributed by atoms with E-state index < -0.39 is 10.0 Å². The second-order valence-electron chi connectivity index (χ2n) is 4.99. The van der Waals surface area contributed by atoms with Gasteiger partial charge in [-0.15, -0.1) is 0 Å². The molecule has 24 heavy (non-hydrogen) atoms. The first-order chi connectivity index (χ1) is 11.5. The van der Waals surface area contributed by atoms with Crippen molar-refractivity contribution in [3.05, 3.63) is 48.4 Å². The van der Waals surface area contributed by atoms with E-state index in [1.807, 2.05) is 25.1 Å². The average Bonchev–Trinajstić information content (AvgIpc) is 2.61. The summed E-state index contributed by atoms with van der Waals surface area (Å²) in [6.45, 7) is 6.28. The van der Waals surface area contributed by atoms with Crippen LogP contribution in [0.4, 0.5) is 5.82 Å². The third kappa shape index (κ3) is 4.15. The predicted octanol–water partition coefficient (Wildman–Crippen LogP) is 2.34. The summed E-state index contributed by atoms with van der Waals surface area (Å²) in [5.41, 5.74) is 4.27. The molecule has 0 aromatic carbocycles. The van der Waals surface area contributed by atoms with Crippen LogP contribution < -0.4 is 5.43 Å².